The second-order valence-corrected chi connectivity index (χ2v) is 5.35. The Kier molecular flexibility index (Phi) is 4.76. The first-order valence-electron chi connectivity index (χ1n) is 7.20. The van der Waals surface area contributed by atoms with Crippen LogP contribution in [0.1, 0.15) is 25.3 Å². The second kappa shape index (κ2) is 6.55. The Labute approximate surface area is 124 Å². The number of nitrogens with zero attached hydrogens (tertiary/aromatic N) is 4. The summed E-state index contributed by atoms with van der Waals surface area (Å²) in [7, 11) is 1.97. The molecular weight excluding hydrogens is 268 g/mol. The third-order valence-electron chi connectivity index (χ3n) is 4.26. The van der Waals surface area contributed by atoms with Crippen LogP contribution in [-0.4, -0.2) is 42.5 Å². The summed E-state index contributed by atoms with van der Waals surface area (Å²) in [6.45, 7) is 5.35. The van der Waals surface area contributed by atoms with Crippen molar-refractivity contribution in [2.45, 2.75) is 25.8 Å². The van der Waals surface area contributed by atoms with E-state index in [4.69, 9.17) is 5.26 Å². The Morgan fingerprint density at radius 1 is 1.48 bits per heavy atom. The number of benzene rings is 1. The molecule has 1 aromatic rings. The van der Waals surface area contributed by atoms with Crippen LogP contribution < -0.4 is 4.90 Å². The summed E-state index contributed by atoms with van der Waals surface area (Å²) >= 11 is 0. The number of anilines is 1. The maximum Gasteiger partial charge on any atom is 0.289 e. The van der Waals surface area contributed by atoms with Gasteiger partial charge in [0.2, 0.25) is 0 Å². The van der Waals surface area contributed by atoms with Crippen LogP contribution in [0.3, 0.4) is 0 Å². The van der Waals surface area contributed by atoms with Gasteiger partial charge in [-0.3, -0.25) is 10.1 Å². The number of rotatable bonds is 4. The minimum atomic E-state index is -0.490. The van der Waals surface area contributed by atoms with Gasteiger partial charge in [0, 0.05) is 37.9 Å². The largest absolute Gasteiger partial charge is 0.371 e. The molecule has 1 saturated heterocycles. The summed E-state index contributed by atoms with van der Waals surface area (Å²) in [6, 6.07) is 7.09. The number of piperidine rings is 1. The zero-order valence-electron chi connectivity index (χ0n) is 12.5. The van der Waals surface area contributed by atoms with Gasteiger partial charge < -0.3 is 9.80 Å². The highest BCUT2D eigenvalue weighted by atomic mass is 16.6. The van der Waals surface area contributed by atoms with E-state index in [9.17, 15) is 10.1 Å². The minimum absolute atomic E-state index is 0.109. The van der Waals surface area contributed by atoms with Crippen LogP contribution >= 0.6 is 0 Å². The molecule has 6 nitrogen and oxygen atoms in total. The van der Waals surface area contributed by atoms with Crippen molar-refractivity contribution in [1.82, 2.24) is 4.90 Å². The predicted octanol–water partition coefficient (Wildman–Crippen LogP) is 2.39. The molecule has 0 aliphatic carbocycles. The lowest BCUT2D eigenvalue weighted by atomic mass is 10.0. The van der Waals surface area contributed by atoms with Gasteiger partial charge in [-0.2, -0.15) is 5.26 Å². The lowest BCUT2D eigenvalue weighted by Crippen LogP contribution is -2.43. The molecule has 21 heavy (non-hydrogen) atoms. The molecular formula is C15H20N4O2. The molecule has 1 aliphatic rings. The Morgan fingerprint density at radius 2 is 2.14 bits per heavy atom. The average molecular weight is 288 g/mol. The molecule has 1 fully saturated rings. The summed E-state index contributed by atoms with van der Waals surface area (Å²) in [6.07, 6.45) is 2.11. The Hall–Kier alpha value is -2.13. The minimum Gasteiger partial charge on any atom is -0.371 e. The number of nitro groups is 1. The van der Waals surface area contributed by atoms with E-state index in [1.165, 1.54) is 12.1 Å². The number of likely N-dealkylation sites (tertiary alicyclic amines) is 1. The molecule has 0 atom stereocenters. The van der Waals surface area contributed by atoms with E-state index in [2.05, 4.69) is 16.7 Å². The zero-order valence-corrected chi connectivity index (χ0v) is 12.5. The van der Waals surface area contributed by atoms with Crippen molar-refractivity contribution in [3.63, 3.8) is 0 Å². The first-order chi connectivity index (χ1) is 10.1. The fourth-order valence-electron chi connectivity index (χ4n) is 2.82. The van der Waals surface area contributed by atoms with Crippen molar-refractivity contribution in [3.05, 3.63) is 33.9 Å². The van der Waals surface area contributed by atoms with Gasteiger partial charge in [-0.25, -0.2) is 0 Å². The number of hydrogen-bond donors (Lipinski definition) is 0. The number of nitriles is 1. The molecule has 1 aromatic carbocycles. The van der Waals surface area contributed by atoms with E-state index in [1.807, 2.05) is 13.1 Å². The standard InChI is InChI=1S/C15H20N4O2/c1-3-18-8-6-13(7-9-18)17(2)14-5-4-12(11-16)15(10-14)19(20)21/h4-5,10,13H,3,6-9H2,1-2H3. The molecule has 0 unspecified atom stereocenters. The maximum atomic E-state index is 11.0. The molecule has 0 amide bonds. The molecule has 1 aliphatic heterocycles. The van der Waals surface area contributed by atoms with Crippen molar-refractivity contribution < 1.29 is 4.92 Å². The first kappa shape index (κ1) is 15.3. The van der Waals surface area contributed by atoms with E-state index in [-0.39, 0.29) is 11.3 Å². The maximum absolute atomic E-state index is 11.0. The van der Waals surface area contributed by atoms with E-state index in [0.29, 0.717) is 6.04 Å². The molecule has 2 rings (SSSR count). The molecule has 112 valence electrons. The van der Waals surface area contributed by atoms with Crippen LogP contribution in [0.5, 0.6) is 0 Å². The molecule has 0 saturated carbocycles. The Morgan fingerprint density at radius 3 is 2.67 bits per heavy atom. The summed E-state index contributed by atoms with van der Waals surface area (Å²) in [5.41, 5.74) is 0.793. The van der Waals surface area contributed by atoms with Crippen molar-refractivity contribution in [2.24, 2.45) is 0 Å². The fourth-order valence-corrected chi connectivity index (χ4v) is 2.82. The Balaban J connectivity index is 2.16. The molecule has 0 spiro atoms. The van der Waals surface area contributed by atoms with Gasteiger partial charge in [0.15, 0.2) is 0 Å². The van der Waals surface area contributed by atoms with Crippen molar-refractivity contribution in [3.8, 4) is 6.07 Å². The van der Waals surface area contributed by atoms with Gasteiger partial charge in [0.1, 0.15) is 11.6 Å². The fraction of sp³-hybridized carbons (Fsp3) is 0.533. The third-order valence-corrected chi connectivity index (χ3v) is 4.26. The molecule has 6 heteroatoms. The van der Waals surface area contributed by atoms with Gasteiger partial charge in [0.25, 0.3) is 5.69 Å². The first-order valence-corrected chi connectivity index (χ1v) is 7.20. The number of hydrogen-bond acceptors (Lipinski definition) is 5. The second-order valence-electron chi connectivity index (χ2n) is 5.35. The molecule has 0 radical (unpaired) electrons. The summed E-state index contributed by atoms with van der Waals surface area (Å²) in [5, 5.41) is 20.0. The summed E-state index contributed by atoms with van der Waals surface area (Å²) in [4.78, 5) is 15.1. The smallest absolute Gasteiger partial charge is 0.289 e. The van der Waals surface area contributed by atoms with Gasteiger partial charge in [-0.15, -0.1) is 0 Å². The third kappa shape index (κ3) is 3.31. The monoisotopic (exact) mass is 288 g/mol. The van der Waals surface area contributed by atoms with Crippen LogP contribution in [0.25, 0.3) is 0 Å². The molecule has 1 heterocycles. The van der Waals surface area contributed by atoms with Gasteiger partial charge in [0.05, 0.1) is 4.92 Å². The van der Waals surface area contributed by atoms with Crippen LogP contribution in [0.15, 0.2) is 18.2 Å². The van der Waals surface area contributed by atoms with E-state index < -0.39 is 4.92 Å². The van der Waals surface area contributed by atoms with Crippen molar-refractivity contribution in [1.29, 1.82) is 5.26 Å². The normalized spacial score (nSPS) is 16.4. The SMILES string of the molecule is CCN1CCC(N(C)c2ccc(C#N)c([N+](=O)[O-])c2)CC1. The topological polar surface area (TPSA) is 73.4 Å². The lowest BCUT2D eigenvalue weighted by Gasteiger charge is -2.37. The average Bonchev–Trinajstić information content (AvgIpc) is 2.53. The highest BCUT2D eigenvalue weighted by Crippen LogP contribution is 2.28. The molecule has 0 aromatic heterocycles. The summed E-state index contributed by atoms with van der Waals surface area (Å²) in [5.74, 6) is 0. The molecule has 0 bridgehead atoms. The summed E-state index contributed by atoms with van der Waals surface area (Å²) < 4.78 is 0. The Bertz CT molecular complexity index is 559. The van der Waals surface area contributed by atoms with Crippen molar-refractivity contribution in [2.75, 3.05) is 31.6 Å². The van der Waals surface area contributed by atoms with E-state index in [0.717, 1.165) is 38.2 Å². The van der Waals surface area contributed by atoms with Crippen LogP contribution in [0.4, 0.5) is 11.4 Å². The van der Waals surface area contributed by atoms with Crippen molar-refractivity contribution >= 4 is 11.4 Å². The van der Waals surface area contributed by atoms with Crippen LogP contribution in [0, 0.1) is 21.4 Å². The van der Waals surface area contributed by atoms with Crippen LogP contribution in [0.2, 0.25) is 0 Å². The zero-order chi connectivity index (χ0) is 15.4. The van der Waals surface area contributed by atoms with Gasteiger partial charge in [-0.1, -0.05) is 6.92 Å². The highest BCUT2D eigenvalue weighted by Gasteiger charge is 2.23. The van der Waals surface area contributed by atoms with Crippen LogP contribution in [-0.2, 0) is 0 Å². The lowest BCUT2D eigenvalue weighted by molar-refractivity contribution is -0.385. The predicted molar refractivity (Wildman–Crippen MR) is 81.4 cm³/mol. The van der Waals surface area contributed by atoms with E-state index >= 15 is 0 Å². The van der Waals surface area contributed by atoms with Gasteiger partial charge >= 0.3 is 0 Å². The highest BCUT2D eigenvalue weighted by molar-refractivity contribution is 5.60. The van der Waals surface area contributed by atoms with E-state index in [1.54, 1.807) is 6.07 Å². The molecule has 0 N–H and O–H groups in total. The van der Waals surface area contributed by atoms with Gasteiger partial charge in [-0.05, 0) is 31.5 Å². The number of nitro benzene ring substituents is 1. The quantitative estimate of drug-likeness (QED) is 0.628.